The van der Waals surface area contributed by atoms with E-state index in [1.165, 1.54) is 45.2 Å². The highest BCUT2D eigenvalue weighted by Gasteiger charge is 2.22. The highest BCUT2D eigenvalue weighted by atomic mass is 15.2. The fraction of sp³-hybridized carbons (Fsp3) is 0.938. The lowest BCUT2D eigenvalue weighted by atomic mass is 10.0. The van der Waals surface area contributed by atoms with Gasteiger partial charge in [0.15, 0.2) is 5.96 Å². The monoisotopic (exact) mass is 295 g/mol. The van der Waals surface area contributed by atoms with Crippen LogP contribution in [0.1, 0.15) is 46.0 Å². The minimum absolute atomic E-state index is 0.595. The van der Waals surface area contributed by atoms with Gasteiger partial charge in [-0.1, -0.05) is 13.3 Å². The maximum Gasteiger partial charge on any atom is 0.188 e. The van der Waals surface area contributed by atoms with Crippen molar-refractivity contribution in [1.82, 2.24) is 15.1 Å². The molecular formula is C16H33N5. The summed E-state index contributed by atoms with van der Waals surface area (Å²) in [5.41, 5.74) is 5.99. The number of likely N-dealkylation sites (N-methyl/N-ethyl adjacent to an activating group) is 1. The second kappa shape index (κ2) is 8.59. The Hall–Kier alpha value is -0.810. The van der Waals surface area contributed by atoms with E-state index in [-0.39, 0.29) is 0 Å². The number of piperidine rings is 1. The lowest BCUT2D eigenvalue weighted by Gasteiger charge is -2.33. The molecule has 0 amide bonds. The van der Waals surface area contributed by atoms with Crippen molar-refractivity contribution in [3.8, 4) is 0 Å². The predicted molar refractivity (Wildman–Crippen MR) is 89.6 cm³/mol. The van der Waals surface area contributed by atoms with Crippen LogP contribution in [0.2, 0.25) is 0 Å². The third kappa shape index (κ3) is 5.15. The second-order valence-corrected chi connectivity index (χ2v) is 6.46. The van der Waals surface area contributed by atoms with Gasteiger partial charge in [0.25, 0.3) is 0 Å². The minimum Gasteiger partial charge on any atom is -0.370 e. The predicted octanol–water partition coefficient (Wildman–Crippen LogP) is 1.25. The van der Waals surface area contributed by atoms with Gasteiger partial charge in [-0.25, -0.2) is 0 Å². The zero-order valence-electron chi connectivity index (χ0n) is 13.9. The van der Waals surface area contributed by atoms with E-state index in [0.717, 1.165) is 32.2 Å². The van der Waals surface area contributed by atoms with Crippen molar-refractivity contribution in [2.24, 2.45) is 10.7 Å². The summed E-state index contributed by atoms with van der Waals surface area (Å²) in [4.78, 5) is 9.59. The smallest absolute Gasteiger partial charge is 0.188 e. The van der Waals surface area contributed by atoms with Crippen molar-refractivity contribution in [2.45, 2.75) is 58.0 Å². The molecule has 0 aromatic rings. The molecule has 3 N–H and O–H groups in total. The molecule has 2 heterocycles. The van der Waals surface area contributed by atoms with Gasteiger partial charge in [0, 0.05) is 25.2 Å². The molecule has 2 fully saturated rings. The molecule has 2 rings (SSSR count). The van der Waals surface area contributed by atoms with Gasteiger partial charge in [-0.05, 0) is 52.2 Å². The number of hydrogen-bond donors (Lipinski definition) is 2. The Kier molecular flexibility index (Phi) is 6.77. The molecule has 2 atom stereocenters. The van der Waals surface area contributed by atoms with Crippen LogP contribution in [0.25, 0.3) is 0 Å². The van der Waals surface area contributed by atoms with E-state index in [1.54, 1.807) is 0 Å². The van der Waals surface area contributed by atoms with Crippen LogP contribution in [-0.4, -0.2) is 67.1 Å². The summed E-state index contributed by atoms with van der Waals surface area (Å²) in [6, 6.07) is 1.31. The van der Waals surface area contributed by atoms with Gasteiger partial charge < -0.3 is 11.1 Å². The molecule has 5 heteroatoms. The van der Waals surface area contributed by atoms with Gasteiger partial charge in [-0.2, -0.15) is 0 Å². The zero-order valence-corrected chi connectivity index (χ0v) is 13.9. The van der Waals surface area contributed by atoms with Crippen molar-refractivity contribution in [3.05, 3.63) is 0 Å². The molecule has 0 radical (unpaired) electrons. The van der Waals surface area contributed by atoms with Crippen molar-refractivity contribution >= 4 is 5.96 Å². The Morgan fingerprint density at radius 1 is 1.19 bits per heavy atom. The van der Waals surface area contributed by atoms with Crippen LogP contribution in [0.5, 0.6) is 0 Å². The number of nitrogens with one attached hydrogen (secondary N) is 1. The first-order valence-corrected chi connectivity index (χ1v) is 8.72. The molecule has 2 unspecified atom stereocenters. The summed E-state index contributed by atoms with van der Waals surface area (Å²) in [5, 5.41) is 3.27. The molecule has 2 saturated heterocycles. The van der Waals surface area contributed by atoms with Crippen molar-refractivity contribution in [1.29, 1.82) is 0 Å². The minimum atomic E-state index is 0.595. The third-order valence-electron chi connectivity index (χ3n) is 5.02. The highest BCUT2D eigenvalue weighted by Crippen LogP contribution is 2.16. The van der Waals surface area contributed by atoms with E-state index < -0.39 is 0 Å². The molecular weight excluding hydrogens is 262 g/mol. The average Bonchev–Trinajstić information content (AvgIpc) is 2.94. The van der Waals surface area contributed by atoms with Gasteiger partial charge in [0.2, 0.25) is 0 Å². The fourth-order valence-electron chi connectivity index (χ4n) is 3.60. The molecule has 0 aromatic heterocycles. The summed E-state index contributed by atoms with van der Waals surface area (Å²) < 4.78 is 0. The number of guanidine groups is 1. The highest BCUT2D eigenvalue weighted by molar-refractivity contribution is 5.77. The van der Waals surface area contributed by atoms with E-state index in [1.807, 2.05) is 0 Å². The number of likely N-dealkylation sites (tertiary alicyclic amines) is 2. The van der Waals surface area contributed by atoms with Crippen LogP contribution < -0.4 is 11.1 Å². The molecule has 0 spiro atoms. The van der Waals surface area contributed by atoms with E-state index in [2.05, 4.69) is 34.0 Å². The second-order valence-electron chi connectivity index (χ2n) is 6.46. The first-order chi connectivity index (χ1) is 10.2. The van der Waals surface area contributed by atoms with E-state index in [4.69, 9.17) is 5.73 Å². The molecule has 122 valence electrons. The van der Waals surface area contributed by atoms with Gasteiger partial charge in [-0.3, -0.25) is 14.8 Å². The Balaban J connectivity index is 1.64. The lowest BCUT2D eigenvalue weighted by molar-refractivity contribution is 0.164. The van der Waals surface area contributed by atoms with Crippen LogP contribution in [0, 0.1) is 0 Å². The van der Waals surface area contributed by atoms with Crippen LogP contribution in [-0.2, 0) is 0 Å². The molecule has 0 saturated carbocycles. The van der Waals surface area contributed by atoms with Crippen LogP contribution >= 0.6 is 0 Å². The average molecular weight is 295 g/mol. The molecule has 0 aromatic carbocycles. The third-order valence-corrected chi connectivity index (χ3v) is 5.02. The SMILES string of the molecule is CCN1CCCC1CN=C(N)NCCN1CCCCC1C. The zero-order chi connectivity index (χ0) is 15.1. The maximum absolute atomic E-state index is 5.99. The summed E-state index contributed by atoms with van der Waals surface area (Å²) >= 11 is 0. The summed E-state index contributed by atoms with van der Waals surface area (Å²) in [5.74, 6) is 0.614. The first-order valence-electron chi connectivity index (χ1n) is 8.72. The first kappa shape index (κ1) is 16.6. The molecule has 2 aliphatic heterocycles. The summed E-state index contributed by atoms with van der Waals surface area (Å²) in [6.07, 6.45) is 6.61. The van der Waals surface area contributed by atoms with Crippen molar-refractivity contribution < 1.29 is 0 Å². The summed E-state index contributed by atoms with van der Waals surface area (Å²) in [7, 11) is 0. The molecule has 21 heavy (non-hydrogen) atoms. The Bertz CT molecular complexity index is 331. The number of rotatable bonds is 6. The Morgan fingerprint density at radius 2 is 2.00 bits per heavy atom. The summed E-state index contributed by atoms with van der Waals surface area (Å²) in [6.45, 7) is 10.9. The molecule has 0 aliphatic carbocycles. The fourth-order valence-corrected chi connectivity index (χ4v) is 3.60. The van der Waals surface area contributed by atoms with Crippen LogP contribution in [0.3, 0.4) is 0 Å². The topological polar surface area (TPSA) is 56.9 Å². The lowest BCUT2D eigenvalue weighted by Crippen LogP contribution is -2.44. The number of nitrogens with zero attached hydrogens (tertiary/aromatic N) is 3. The molecule has 2 aliphatic rings. The normalized spacial score (nSPS) is 29.0. The van der Waals surface area contributed by atoms with Gasteiger partial charge in [0.05, 0.1) is 6.54 Å². The van der Waals surface area contributed by atoms with E-state index >= 15 is 0 Å². The largest absolute Gasteiger partial charge is 0.370 e. The van der Waals surface area contributed by atoms with E-state index in [0.29, 0.717) is 12.0 Å². The maximum atomic E-state index is 5.99. The molecule has 5 nitrogen and oxygen atoms in total. The quantitative estimate of drug-likeness (QED) is 0.572. The van der Waals surface area contributed by atoms with E-state index in [9.17, 15) is 0 Å². The molecule has 0 bridgehead atoms. The number of aliphatic imine (C=N–C) groups is 1. The Morgan fingerprint density at radius 3 is 2.76 bits per heavy atom. The Labute approximate surface area is 130 Å². The van der Waals surface area contributed by atoms with Gasteiger partial charge >= 0.3 is 0 Å². The number of hydrogen-bond acceptors (Lipinski definition) is 3. The number of nitrogens with two attached hydrogens (primary N) is 1. The van der Waals surface area contributed by atoms with Gasteiger partial charge in [0.1, 0.15) is 0 Å². The van der Waals surface area contributed by atoms with Crippen molar-refractivity contribution in [2.75, 3.05) is 39.3 Å². The van der Waals surface area contributed by atoms with Crippen molar-refractivity contribution in [3.63, 3.8) is 0 Å². The van der Waals surface area contributed by atoms with Gasteiger partial charge in [-0.15, -0.1) is 0 Å². The van der Waals surface area contributed by atoms with Crippen LogP contribution in [0.15, 0.2) is 4.99 Å². The standard InChI is InChI=1S/C16H33N5/c1-3-20-11-6-8-15(20)13-19-16(17)18-9-12-21-10-5-4-7-14(21)2/h14-15H,3-13H2,1-2H3,(H3,17,18,19). The van der Waals surface area contributed by atoms with Crippen LogP contribution in [0.4, 0.5) is 0 Å².